The first-order valence-electron chi connectivity index (χ1n) is 4.86. The zero-order valence-electron chi connectivity index (χ0n) is 8.98. The summed E-state index contributed by atoms with van der Waals surface area (Å²) in [6.07, 6.45) is 0. The summed E-state index contributed by atoms with van der Waals surface area (Å²) in [7, 11) is 0. The van der Waals surface area contributed by atoms with Gasteiger partial charge in [-0.25, -0.2) is 4.79 Å². The standard InChI is InChI=1S/C11H9NO5/c1-6(13)5-16-7-2-3-8-9(4-7)17-11(15)10(14)12-8/h2-4H,5H2,1H3,(H,12,14). The molecule has 1 N–H and O–H groups in total. The number of aromatic nitrogens is 1. The minimum absolute atomic E-state index is 0.0565. The number of rotatable bonds is 3. The summed E-state index contributed by atoms with van der Waals surface area (Å²) >= 11 is 0. The number of nitrogens with one attached hydrogen (secondary N) is 1. The van der Waals surface area contributed by atoms with Gasteiger partial charge in [0, 0.05) is 6.07 Å². The van der Waals surface area contributed by atoms with Crippen LogP contribution in [-0.4, -0.2) is 17.4 Å². The van der Waals surface area contributed by atoms with E-state index in [0.29, 0.717) is 11.3 Å². The molecule has 6 heteroatoms. The quantitative estimate of drug-likeness (QED) is 0.780. The van der Waals surface area contributed by atoms with Crippen molar-refractivity contribution < 1.29 is 13.9 Å². The first-order chi connectivity index (χ1) is 8.06. The molecule has 17 heavy (non-hydrogen) atoms. The lowest BCUT2D eigenvalue weighted by Crippen LogP contribution is -2.25. The lowest BCUT2D eigenvalue weighted by Gasteiger charge is -2.03. The summed E-state index contributed by atoms with van der Waals surface area (Å²) in [6, 6.07) is 4.55. The predicted molar refractivity (Wildman–Crippen MR) is 59.3 cm³/mol. The number of ether oxygens (including phenoxy) is 1. The Bertz CT molecular complexity index is 682. The van der Waals surface area contributed by atoms with Gasteiger partial charge in [0.15, 0.2) is 11.4 Å². The second-order valence-electron chi connectivity index (χ2n) is 3.49. The van der Waals surface area contributed by atoms with E-state index in [0.717, 1.165) is 0 Å². The molecule has 2 rings (SSSR count). The van der Waals surface area contributed by atoms with Gasteiger partial charge in [-0.15, -0.1) is 0 Å². The molecule has 0 fully saturated rings. The number of ketones is 1. The molecule has 1 aromatic carbocycles. The predicted octanol–water partition coefficient (Wildman–Crippen LogP) is 0.449. The lowest BCUT2D eigenvalue weighted by atomic mass is 10.3. The summed E-state index contributed by atoms with van der Waals surface area (Å²) in [4.78, 5) is 35.1. The van der Waals surface area contributed by atoms with Crippen LogP contribution >= 0.6 is 0 Å². The van der Waals surface area contributed by atoms with E-state index in [-0.39, 0.29) is 18.0 Å². The number of aromatic amines is 1. The van der Waals surface area contributed by atoms with Crippen molar-refractivity contribution in [3.05, 3.63) is 39.0 Å². The Morgan fingerprint density at radius 1 is 1.41 bits per heavy atom. The van der Waals surface area contributed by atoms with Gasteiger partial charge < -0.3 is 14.1 Å². The molecule has 0 aliphatic rings. The molecular formula is C11H9NO5. The van der Waals surface area contributed by atoms with Crippen LogP contribution in [-0.2, 0) is 4.79 Å². The fraction of sp³-hybridized carbons (Fsp3) is 0.182. The molecule has 0 saturated carbocycles. The molecule has 0 atom stereocenters. The van der Waals surface area contributed by atoms with Gasteiger partial charge in [-0.05, 0) is 19.1 Å². The van der Waals surface area contributed by atoms with E-state index in [4.69, 9.17) is 9.15 Å². The van der Waals surface area contributed by atoms with Crippen molar-refractivity contribution in [3.8, 4) is 5.75 Å². The molecule has 88 valence electrons. The summed E-state index contributed by atoms with van der Waals surface area (Å²) in [5, 5.41) is 0. The summed E-state index contributed by atoms with van der Waals surface area (Å²) in [5.41, 5.74) is -1.18. The molecule has 0 radical (unpaired) electrons. The van der Waals surface area contributed by atoms with Crippen LogP contribution in [0.1, 0.15) is 6.92 Å². The van der Waals surface area contributed by atoms with Gasteiger partial charge in [0.2, 0.25) is 0 Å². The molecule has 0 aliphatic carbocycles. The zero-order valence-corrected chi connectivity index (χ0v) is 8.98. The van der Waals surface area contributed by atoms with E-state index < -0.39 is 11.2 Å². The summed E-state index contributed by atoms with van der Waals surface area (Å²) in [5.74, 6) is 0.274. The van der Waals surface area contributed by atoms with Gasteiger partial charge >= 0.3 is 11.2 Å². The topological polar surface area (TPSA) is 89.4 Å². The average molecular weight is 235 g/mol. The minimum Gasteiger partial charge on any atom is -0.486 e. The first kappa shape index (κ1) is 11.1. The molecule has 1 aromatic heterocycles. The molecule has 0 unspecified atom stereocenters. The third-order valence-electron chi connectivity index (χ3n) is 2.03. The van der Waals surface area contributed by atoms with Crippen molar-refractivity contribution in [2.24, 2.45) is 0 Å². The largest absolute Gasteiger partial charge is 0.486 e. The van der Waals surface area contributed by atoms with Crippen LogP contribution in [0.3, 0.4) is 0 Å². The van der Waals surface area contributed by atoms with E-state index in [9.17, 15) is 14.4 Å². The second-order valence-corrected chi connectivity index (χ2v) is 3.49. The third kappa shape index (κ3) is 2.41. The Hall–Kier alpha value is -2.37. The number of benzene rings is 1. The number of H-pyrrole nitrogens is 1. The molecule has 2 aromatic rings. The van der Waals surface area contributed by atoms with Crippen molar-refractivity contribution in [2.75, 3.05) is 6.61 Å². The fourth-order valence-corrected chi connectivity index (χ4v) is 1.28. The SMILES string of the molecule is CC(=O)COc1ccc2[nH]c(=O)c(=O)oc2c1. The Morgan fingerprint density at radius 2 is 2.18 bits per heavy atom. The number of hydrogen-bond donors (Lipinski definition) is 1. The number of carbonyl (C=O) groups is 1. The molecule has 1 heterocycles. The van der Waals surface area contributed by atoms with Crippen LogP contribution in [0, 0.1) is 0 Å². The van der Waals surface area contributed by atoms with Gasteiger partial charge in [0.25, 0.3) is 0 Å². The number of carbonyl (C=O) groups excluding carboxylic acids is 1. The molecule has 0 bridgehead atoms. The van der Waals surface area contributed by atoms with Crippen molar-refractivity contribution in [3.63, 3.8) is 0 Å². The Kier molecular flexibility index (Phi) is 2.78. The van der Waals surface area contributed by atoms with Gasteiger partial charge in [0.05, 0.1) is 5.52 Å². The number of Topliss-reactive ketones (excluding diaryl/α,β-unsaturated/α-hetero) is 1. The maximum Gasteiger partial charge on any atom is 0.402 e. The molecule has 6 nitrogen and oxygen atoms in total. The van der Waals surface area contributed by atoms with E-state index in [1.54, 1.807) is 6.07 Å². The lowest BCUT2D eigenvalue weighted by molar-refractivity contribution is -0.118. The smallest absolute Gasteiger partial charge is 0.402 e. The van der Waals surface area contributed by atoms with Crippen molar-refractivity contribution >= 4 is 16.9 Å². The van der Waals surface area contributed by atoms with Gasteiger partial charge in [-0.1, -0.05) is 0 Å². The van der Waals surface area contributed by atoms with Crippen LogP contribution in [0.4, 0.5) is 0 Å². The van der Waals surface area contributed by atoms with Crippen LogP contribution in [0.15, 0.2) is 32.2 Å². The summed E-state index contributed by atoms with van der Waals surface area (Å²) < 4.78 is 9.92. The van der Waals surface area contributed by atoms with Crippen molar-refractivity contribution in [1.82, 2.24) is 4.98 Å². The maximum absolute atomic E-state index is 11.0. The van der Waals surface area contributed by atoms with E-state index >= 15 is 0 Å². The first-order valence-corrected chi connectivity index (χ1v) is 4.86. The summed E-state index contributed by atoms with van der Waals surface area (Å²) in [6.45, 7) is 1.34. The highest BCUT2D eigenvalue weighted by molar-refractivity contribution is 5.77. The molecule has 0 saturated heterocycles. The maximum atomic E-state index is 11.0. The van der Waals surface area contributed by atoms with Gasteiger partial charge in [0.1, 0.15) is 12.4 Å². The highest BCUT2D eigenvalue weighted by Crippen LogP contribution is 2.17. The van der Waals surface area contributed by atoms with E-state index in [1.807, 2.05) is 0 Å². The van der Waals surface area contributed by atoms with Crippen LogP contribution in [0.2, 0.25) is 0 Å². The fourth-order valence-electron chi connectivity index (χ4n) is 1.28. The van der Waals surface area contributed by atoms with Gasteiger partial charge in [-0.3, -0.25) is 9.59 Å². The van der Waals surface area contributed by atoms with E-state index in [1.165, 1.54) is 19.1 Å². The average Bonchev–Trinajstić information content (AvgIpc) is 2.28. The Balaban J connectivity index is 2.43. The van der Waals surface area contributed by atoms with Crippen LogP contribution in [0.5, 0.6) is 5.75 Å². The zero-order chi connectivity index (χ0) is 12.4. The monoisotopic (exact) mass is 235 g/mol. The molecule has 0 spiro atoms. The molecular weight excluding hydrogens is 226 g/mol. The van der Waals surface area contributed by atoms with Crippen LogP contribution in [0.25, 0.3) is 11.1 Å². The van der Waals surface area contributed by atoms with Crippen LogP contribution < -0.4 is 15.9 Å². The highest BCUT2D eigenvalue weighted by Gasteiger charge is 2.04. The molecule has 0 aliphatic heterocycles. The third-order valence-corrected chi connectivity index (χ3v) is 2.03. The van der Waals surface area contributed by atoms with Gasteiger partial charge in [-0.2, -0.15) is 0 Å². The highest BCUT2D eigenvalue weighted by atomic mass is 16.5. The van der Waals surface area contributed by atoms with Crippen molar-refractivity contribution in [1.29, 1.82) is 0 Å². The number of fused-ring (bicyclic) bond motifs is 1. The number of hydrogen-bond acceptors (Lipinski definition) is 5. The second kappa shape index (κ2) is 4.25. The van der Waals surface area contributed by atoms with E-state index in [2.05, 4.69) is 4.98 Å². The Morgan fingerprint density at radius 3 is 2.88 bits per heavy atom. The Labute approximate surface area is 94.8 Å². The normalized spacial score (nSPS) is 10.4. The van der Waals surface area contributed by atoms with Crippen molar-refractivity contribution in [2.45, 2.75) is 6.92 Å². The minimum atomic E-state index is -0.971. The molecule has 0 amide bonds.